The van der Waals surface area contributed by atoms with E-state index in [0.29, 0.717) is 28.6 Å². The van der Waals surface area contributed by atoms with Crippen molar-refractivity contribution in [1.82, 2.24) is 10.7 Å². The molecule has 31 heavy (non-hydrogen) atoms. The molecule has 2 N–H and O–H groups in total. The van der Waals surface area contributed by atoms with Crippen molar-refractivity contribution in [2.45, 2.75) is 0 Å². The molecule has 2 aromatic rings. The van der Waals surface area contributed by atoms with Crippen LogP contribution in [-0.2, 0) is 4.79 Å². The van der Waals surface area contributed by atoms with Crippen molar-refractivity contribution >= 4 is 18.0 Å². The van der Waals surface area contributed by atoms with E-state index in [1.54, 1.807) is 24.3 Å². The maximum atomic E-state index is 12.4. The number of methoxy groups -OCH3 is 3. The maximum absolute atomic E-state index is 12.4. The average molecular weight is 425 g/mol. The van der Waals surface area contributed by atoms with Gasteiger partial charge in [0.15, 0.2) is 11.5 Å². The Morgan fingerprint density at radius 3 is 2.35 bits per heavy atom. The first-order valence-electron chi connectivity index (χ1n) is 9.09. The van der Waals surface area contributed by atoms with Crippen LogP contribution < -0.4 is 29.7 Å². The minimum absolute atomic E-state index is 0.115. The molecule has 0 saturated heterocycles. The standard InChI is InChI=1S/C22H23N3O6/c1-5-10-31-17-9-7-6-8-15(17)13-24-25-20(26)14-23-22(27)16-11-18(28-2)21(30-4)19(12-16)29-3/h1,6-9,11-13H,10,14H2,2-4H3,(H,23,27)(H,25,26). The van der Waals surface area contributed by atoms with E-state index in [4.69, 9.17) is 25.4 Å². The monoisotopic (exact) mass is 425 g/mol. The van der Waals surface area contributed by atoms with Gasteiger partial charge in [-0.15, -0.1) is 6.42 Å². The average Bonchev–Trinajstić information content (AvgIpc) is 2.80. The first kappa shape index (κ1) is 23.1. The van der Waals surface area contributed by atoms with Gasteiger partial charge in [0, 0.05) is 11.1 Å². The molecule has 0 unspecified atom stereocenters. The lowest BCUT2D eigenvalue weighted by Crippen LogP contribution is -2.35. The van der Waals surface area contributed by atoms with Crippen molar-refractivity contribution in [3.8, 4) is 35.3 Å². The molecule has 2 amide bonds. The number of nitrogens with one attached hydrogen (secondary N) is 2. The number of rotatable bonds is 10. The normalized spacial score (nSPS) is 10.1. The van der Waals surface area contributed by atoms with Crippen LogP contribution in [0.3, 0.4) is 0 Å². The van der Waals surface area contributed by atoms with E-state index in [0.717, 1.165) is 0 Å². The van der Waals surface area contributed by atoms with Crippen LogP contribution >= 0.6 is 0 Å². The number of carbonyl (C=O) groups excluding carboxylic acids is 2. The molecular formula is C22H23N3O6. The zero-order valence-corrected chi connectivity index (χ0v) is 17.4. The molecule has 0 radical (unpaired) electrons. The highest BCUT2D eigenvalue weighted by Gasteiger charge is 2.17. The van der Waals surface area contributed by atoms with Gasteiger partial charge in [0.25, 0.3) is 11.8 Å². The van der Waals surface area contributed by atoms with Crippen LogP contribution in [0, 0.1) is 12.3 Å². The van der Waals surface area contributed by atoms with Crippen LogP contribution in [0.2, 0.25) is 0 Å². The van der Waals surface area contributed by atoms with E-state index in [9.17, 15) is 9.59 Å². The highest BCUT2D eigenvalue weighted by molar-refractivity contribution is 5.97. The number of hydrogen-bond acceptors (Lipinski definition) is 7. The Morgan fingerprint density at radius 2 is 1.74 bits per heavy atom. The van der Waals surface area contributed by atoms with Gasteiger partial charge in [-0.25, -0.2) is 5.43 Å². The second kappa shape index (κ2) is 11.7. The number of benzene rings is 2. The number of hydrogen-bond donors (Lipinski definition) is 2. The van der Waals surface area contributed by atoms with Gasteiger partial charge in [-0.2, -0.15) is 5.10 Å². The summed E-state index contributed by atoms with van der Waals surface area (Å²) in [6, 6.07) is 10.1. The molecule has 0 saturated carbocycles. The maximum Gasteiger partial charge on any atom is 0.259 e. The topological polar surface area (TPSA) is 107 Å². The third-order valence-corrected chi connectivity index (χ3v) is 3.96. The van der Waals surface area contributed by atoms with Gasteiger partial charge >= 0.3 is 0 Å². The van der Waals surface area contributed by atoms with Crippen LogP contribution in [0.15, 0.2) is 41.5 Å². The Hall–Kier alpha value is -4.19. The number of carbonyl (C=O) groups is 2. The fraction of sp³-hybridized carbons (Fsp3) is 0.227. The number of ether oxygens (including phenoxy) is 4. The minimum Gasteiger partial charge on any atom is -0.493 e. The van der Waals surface area contributed by atoms with Gasteiger partial charge in [0.1, 0.15) is 12.4 Å². The largest absolute Gasteiger partial charge is 0.493 e. The number of hydrazone groups is 1. The van der Waals surface area contributed by atoms with E-state index in [1.165, 1.54) is 39.7 Å². The number of para-hydroxylation sites is 1. The summed E-state index contributed by atoms with van der Waals surface area (Å²) in [7, 11) is 4.35. The quantitative estimate of drug-likeness (QED) is 0.340. The van der Waals surface area contributed by atoms with Crippen LogP contribution in [0.5, 0.6) is 23.0 Å². The summed E-state index contributed by atoms with van der Waals surface area (Å²) in [6.45, 7) is -0.174. The fourth-order valence-electron chi connectivity index (χ4n) is 2.53. The van der Waals surface area contributed by atoms with Gasteiger partial charge in [0.2, 0.25) is 5.75 Å². The van der Waals surface area contributed by atoms with Crippen molar-refractivity contribution in [2.24, 2.45) is 5.10 Å². The molecule has 0 bridgehead atoms. The molecule has 0 spiro atoms. The Kier molecular flexibility index (Phi) is 8.73. The molecule has 0 aliphatic carbocycles. The molecule has 9 heteroatoms. The van der Waals surface area contributed by atoms with E-state index in [-0.39, 0.29) is 18.7 Å². The molecule has 0 atom stereocenters. The smallest absolute Gasteiger partial charge is 0.259 e. The van der Waals surface area contributed by atoms with Gasteiger partial charge in [-0.05, 0) is 24.3 Å². The molecule has 162 valence electrons. The Bertz CT molecular complexity index is 972. The summed E-state index contributed by atoms with van der Waals surface area (Å²) in [5, 5.41) is 6.38. The Morgan fingerprint density at radius 1 is 1.06 bits per heavy atom. The first-order valence-corrected chi connectivity index (χ1v) is 9.09. The van der Waals surface area contributed by atoms with Crippen LogP contribution in [0.4, 0.5) is 0 Å². The lowest BCUT2D eigenvalue weighted by Gasteiger charge is -2.14. The minimum atomic E-state index is -0.515. The van der Waals surface area contributed by atoms with Crippen molar-refractivity contribution in [2.75, 3.05) is 34.5 Å². The molecular weight excluding hydrogens is 402 g/mol. The second-order valence-electron chi connectivity index (χ2n) is 5.92. The lowest BCUT2D eigenvalue weighted by molar-refractivity contribution is -0.120. The number of terminal acetylenes is 1. The summed E-state index contributed by atoms with van der Waals surface area (Å²) in [6.07, 6.45) is 6.61. The van der Waals surface area contributed by atoms with Gasteiger partial charge in [-0.1, -0.05) is 18.1 Å². The van der Waals surface area contributed by atoms with Crippen molar-refractivity contribution < 1.29 is 28.5 Å². The van der Waals surface area contributed by atoms with Gasteiger partial charge in [0.05, 0.1) is 34.1 Å². The third-order valence-electron chi connectivity index (χ3n) is 3.96. The molecule has 0 aliphatic heterocycles. The zero-order chi connectivity index (χ0) is 22.6. The summed E-state index contributed by atoms with van der Waals surface area (Å²) in [5.74, 6) is 2.92. The summed E-state index contributed by atoms with van der Waals surface area (Å²) in [4.78, 5) is 24.4. The van der Waals surface area contributed by atoms with Crippen LogP contribution in [-0.4, -0.2) is 52.5 Å². The lowest BCUT2D eigenvalue weighted by atomic mass is 10.1. The predicted octanol–water partition coefficient (Wildman–Crippen LogP) is 1.60. The second-order valence-corrected chi connectivity index (χ2v) is 5.92. The van der Waals surface area contributed by atoms with Crippen LogP contribution in [0.1, 0.15) is 15.9 Å². The number of amides is 2. The molecule has 0 fully saturated rings. The SMILES string of the molecule is C#CCOc1ccccc1C=NNC(=O)CNC(=O)c1cc(OC)c(OC)c(OC)c1. The van der Waals surface area contributed by atoms with Crippen molar-refractivity contribution in [1.29, 1.82) is 0 Å². The molecule has 0 aromatic heterocycles. The Labute approximate surface area is 180 Å². The van der Waals surface area contributed by atoms with Gasteiger partial charge in [-0.3, -0.25) is 9.59 Å². The van der Waals surface area contributed by atoms with E-state index in [2.05, 4.69) is 21.8 Å². The first-order chi connectivity index (χ1) is 15.0. The summed E-state index contributed by atoms with van der Waals surface area (Å²) < 4.78 is 21.1. The summed E-state index contributed by atoms with van der Waals surface area (Å²) >= 11 is 0. The van der Waals surface area contributed by atoms with Gasteiger partial charge < -0.3 is 24.3 Å². The van der Waals surface area contributed by atoms with E-state index >= 15 is 0 Å². The molecule has 2 rings (SSSR count). The predicted molar refractivity (Wildman–Crippen MR) is 115 cm³/mol. The fourth-order valence-corrected chi connectivity index (χ4v) is 2.53. The number of nitrogens with zero attached hydrogens (tertiary/aromatic N) is 1. The highest BCUT2D eigenvalue weighted by Crippen LogP contribution is 2.38. The van der Waals surface area contributed by atoms with E-state index < -0.39 is 11.8 Å². The molecule has 9 nitrogen and oxygen atoms in total. The highest BCUT2D eigenvalue weighted by atomic mass is 16.5. The Balaban J connectivity index is 1.96. The van der Waals surface area contributed by atoms with E-state index in [1.807, 2.05) is 0 Å². The molecule has 2 aromatic carbocycles. The summed E-state index contributed by atoms with van der Waals surface area (Å²) in [5.41, 5.74) is 3.21. The van der Waals surface area contributed by atoms with Crippen LogP contribution in [0.25, 0.3) is 0 Å². The molecule has 0 heterocycles. The molecule has 0 aliphatic rings. The third kappa shape index (κ3) is 6.40. The van der Waals surface area contributed by atoms with Crippen molar-refractivity contribution in [3.05, 3.63) is 47.5 Å². The zero-order valence-electron chi connectivity index (χ0n) is 17.4. The van der Waals surface area contributed by atoms with Crippen molar-refractivity contribution in [3.63, 3.8) is 0 Å².